The largest absolute Gasteiger partial charge is 0.508 e. The second-order valence-corrected chi connectivity index (χ2v) is 9.17. The van der Waals surface area contributed by atoms with E-state index in [1.807, 2.05) is 0 Å². The molecule has 11 heteroatoms. The average molecular weight is 474 g/mol. The first kappa shape index (κ1) is 23.9. The Hall–Kier alpha value is -3.25. The molecule has 1 aromatic rings. The predicted octanol–water partition coefficient (Wildman–Crippen LogP) is -1.01. The highest BCUT2D eigenvalue weighted by molar-refractivity contribution is 6.24. The highest BCUT2D eigenvalue weighted by Crippen LogP contribution is 2.57. The molecule has 4 unspecified atom stereocenters. The molecule has 0 aromatic heterocycles. The van der Waals surface area contributed by atoms with Crippen molar-refractivity contribution < 1.29 is 45.0 Å². The molecule has 0 bridgehead atoms. The summed E-state index contributed by atoms with van der Waals surface area (Å²) in [6.07, 6.45) is -1.87. The van der Waals surface area contributed by atoms with Crippen LogP contribution in [0, 0.1) is 11.8 Å². The van der Waals surface area contributed by atoms with Gasteiger partial charge in [0.15, 0.2) is 11.4 Å². The highest BCUT2D eigenvalue weighted by atomic mass is 16.4. The van der Waals surface area contributed by atoms with Crippen molar-refractivity contribution in [2.24, 2.45) is 17.6 Å². The molecule has 1 amide bonds. The molecule has 8 N–H and O–H groups in total. The quantitative estimate of drug-likeness (QED) is 0.266. The van der Waals surface area contributed by atoms with Gasteiger partial charge in [-0.05, 0) is 32.1 Å². The minimum absolute atomic E-state index is 0.0103. The molecule has 0 aliphatic heterocycles. The van der Waals surface area contributed by atoms with Gasteiger partial charge in [-0.15, -0.1) is 0 Å². The van der Waals surface area contributed by atoms with Gasteiger partial charge < -0.3 is 36.4 Å². The van der Waals surface area contributed by atoms with Crippen LogP contribution in [0.1, 0.15) is 25.0 Å². The summed E-state index contributed by atoms with van der Waals surface area (Å²) in [5.41, 5.74) is -1.71. The fourth-order valence-corrected chi connectivity index (χ4v) is 5.71. The number of aliphatic hydroxyl groups excluding tert-OH is 3. The van der Waals surface area contributed by atoms with Crippen LogP contribution in [-0.2, 0) is 20.0 Å². The van der Waals surface area contributed by atoms with Gasteiger partial charge in [0.25, 0.3) is 5.91 Å². The number of aliphatic hydroxyl groups is 5. The number of nitrogens with two attached hydrogens (primary N) is 1. The first-order valence-electron chi connectivity index (χ1n) is 10.7. The van der Waals surface area contributed by atoms with Crippen molar-refractivity contribution >= 4 is 23.2 Å². The molecular weight excluding hydrogens is 448 g/mol. The van der Waals surface area contributed by atoms with Crippen molar-refractivity contribution in [2.75, 3.05) is 13.6 Å². The lowest BCUT2D eigenvalue weighted by Crippen LogP contribution is -2.72. The second-order valence-electron chi connectivity index (χ2n) is 9.17. The molecule has 1 fully saturated rings. The summed E-state index contributed by atoms with van der Waals surface area (Å²) >= 11 is 0. The first-order valence-corrected chi connectivity index (χ1v) is 10.7. The lowest BCUT2D eigenvalue weighted by molar-refractivity contribution is -0.182. The Bertz CT molecular complexity index is 1200. The number of nitrogens with zero attached hydrogens (tertiary/aromatic N) is 1. The van der Waals surface area contributed by atoms with Gasteiger partial charge >= 0.3 is 0 Å². The van der Waals surface area contributed by atoms with Gasteiger partial charge in [0.1, 0.15) is 22.8 Å². The Labute approximate surface area is 194 Å². The Morgan fingerprint density at radius 1 is 1.18 bits per heavy atom. The van der Waals surface area contributed by atoms with E-state index in [0.29, 0.717) is 0 Å². The fourth-order valence-electron chi connectivity index (χ4n) is 5.71. The van der Waals surface area contributed by atoms with E-state index in [-0.39, 0.29) is 17.7 Å². The summed E-state index contributed by atoms with van der Waals surface area (Å²) in [7, 11) is 1.45. The third-order valence-corrected chi connectivity index (χ3v) is 7.45. The van der Waals surface area contributed by atoms with Crippen LogP contribution in [0.4, 0.5) is 0 Å². The summed E-state index contributed by atoms with van der Waals surface area (Å²) < 4.78 is 0. The third kappa shape index (κ3) is 2.69. The molecule has 1 aromatic carbocycles. The Balaban J connectivity index is 2.10. The number of carbonyl (C=O) groups excluding carboxylic acids is 3. The summed E-state index contributed by atoms with van der Waals surface area (Å²) in [5, 5.41) is 66.7. The lowest BCUT2D eigenvalue weighted by Gasteiger charge is -2.55. The Morgan fingerprint density at radius 2 is 1.79 bits per heavy atom. The summed E-state index contributed by atoms with van der Waals surface area (Å²) in [5.74, 6) is -9.62. The smallest absolute Gasteiger partial charge is 0.255 e. The molecule has 0 spiro atoms. The standard InChI is InChI=1S/C23H26N2O9/c1-4-25(3)15-14-18(29)13-11(16(27)10-8(22(13,2)33)6-5-7-9(10)26)19(30)23(14,34)20(31)12(17(15)28)21(24)32/h5-7,13-15,18,26-27,29,31,33-34H,4H2,1-3H3,(H2,24,32)/t13?,14?,15-,18?,22?,23-/m0/s1. The zero-order valence-corrected chi connectivity index (χ0v) is 18.7. The monoisotopic (exact) mass is 474 g/mol. The number of Topliss-reactive ketones (excluding diaryl/α,β-unsaturated/α-hetero) is 2. The van der Waals surface area contributed by atoms with E-state index in [2.05, 4.69) is 0 Å². The van der Waals surface area contributed by atoms with Crippen LogP contribution >= 0.6 is 0 Å². The zero-order chi connectivity index (χ0) is 25.5. The lowest BCUT2D eigenvalue weighted by atomic mass is 9.53. The van der Waals surface area contributed by atoms with E-state index in [1.165, 1.54) is 37.1 Å². The number of fused-ring (bicyclic) bond motifs is 3. The molecule has 11 nitrogen and oxygen atoms in total. The molecule has 0 radical (unpaired) electrons. The molecule has 3 aliphatic carbocycles. The van der Waals surface area contributed by atoms with Crippen LogP contribution in [0.15, 0.2) is 35.1 Å². The van der Waals surface area contributed by atoms with Crippen molar-refractivity contribution in [1.29, 1.82) is 0 Å². The number of carbonyl (C=O) groups is 3. The van der Waals surface area contributed by atoms with Crippen LogP contribution in [0.5, 0.6) is 5.75 Å². The Kier molecular flexibility index (Phi) is 5.18. The molecule has 0 saturated heterocycles. The van der Waals surface area contributed by atoms with Gasteiger partial charge in [0.05, 0.1) is 40.7 Å². The van der Waals surface area contributed by atoms with E-state index in [0.717, 1.165) is 0 Å². The number of phenolic OH excluding ortho intramolecular Hbond substituents is 1. The minimum Gasteiger partial charge on any atom is -0.508 e. The van der Waals surface area contributed by atoms with E-state index in [1.54, 1.807) is 6.92 Å². The maximum absolute atomic E-state index is 13.8. The number of benzene rings is 1. The van der Waals surface area contributed by atoms with Crippen molar-refractivity contribution in [1.82, 2.24) is 4.90 Å². The van der Waals surface area contributed by atoms with Gasteiger partial charge in [-0.3, -0.25) is 19.3 Å². The highest BCUT2D eigenvalue weighted by Gasteiger charge is 2.70. The van der Waals surface area contributed by atoms with Crippen molar-refractivity contribution in [3.8, 4) is 5.75 Å². The molecular formula is C23H26N2O9. The van der Waals surface area contributed by atoms with E-state index in [9.17, 15) is 45.0 Å². The van der Waals surface area contributed by atoms with E-state index in [4.69, 9.17) is 5.73 Å². The minimum atomic E-state index is -3.02. The fraction of sp³-hybridized carbons (Fsp3) is 0.435. The number of likely N-dealkylation sites (N-methyl/N-ethyl adjacent to an activating group) is 1. The number of phenols is 1. The van der Waals surface area contributed by atoms with E-state index < -0.39 is 81.1 Å². The number of rotatable bonds is 3. The molecule has 1 saturated carbocycles. The van der Waals surface area contributed by atoms with Gasteiger partial charge in [-0.2, -0.15) is 0 Å². The van der Waals surface area contributed by atoms with Crippen LogP contribution in [-0.4, -0.2) is 84.4 Å². The van der Waals surface area contributed by atoms with Crippen molar-refractivity contribution in [3.63, 3.8) is 0 Å². The van der Waals surface area contributed by atoms with Crippen molar-refractivity contribution in [2.45, 2.75) is 37.2 Å². The summed E-state index contributed by atoms with van der Waals surface area (Å²) in [6.45, 7) is 3.10. The summed E-state index contributed by atoms with van der Waals surface area (Å²) in [4.78, 5) is 40.4. The Morgan fingerprint density at radius 3 is 2.35 bits per heavy atom. The first-order chi connectivity index (χ1) is 15.7. The van der Waals surface area contributed by atoms with Crippen molar-refractivity contribution in [3.05, 3.63) is 46.2 Å². The number of amides is 1. The number of hydrogen-bond acceptors (Lipinski definition) is 10. The molecule has 0 heterocycles. The molecule has 4 rings (SSSR count). The van der Waals surface area contributed by atoms with Crippen LogP contribution in [0.3, 0.4) is 0 Å². The molecule has 3 aliphatic rings. The number of ketones is 2. The average Bonchev–Trinajstić information content (AvgIpc) is 2.75. The number of hydrogen-bond donors (Lipinski definition) is 7. The maximum Gasteiger partial charge on any atom is 0.255 e. The predicted molar refractivity (Wildman–Crippen MR) is 116 cm³/mol. The van der Waals surface area contributed by atoms with Gasteiger partial charge in [0.2, 0.25) is 5.78 Å². The molecule has 182 valence electrons. The number of aromatic hydroxyl groups is 1. The number of primary amides is 1. The van der Waals surface area contributed by atoms with Crippen LogP contribution in [0.25, 0.3) is 5.76 Å². The second kappa shape index (κ2) is 7.37. The summed E-state index contributed by atoms with van der Waals surface area (Å²) in [6, 6.07) is 2.53. The van der Waals surface area contributed by atoms with Gasteiger partial charge in [-0.1, -0.05) is 19.1 Å². The van der Waals surface area contributed by atoms with Gasteiger partial charge in [-0.25, -0.2) is 0 Å². The maximum atomic E-state index is 13.8. The van der Waals surface area contributed by atoms with Crippen LogP contribution in [0.2, 0.25) is 0 Å². The molecule has 34 heavy (non-hydrogen) atoms. The van der Waals surface area contributed by atoms with E-state index >= 15 is 0 Å². The third-order valence-electron chi connectivity index (χ3n) is 7.45. The topological polar surface area (TPSA) is 202 Å². The van der Waals surface area contributed by atoms with Gasteiger partial charge in [0, 0.05) is 0 Å². The zero-order valence-electron chi connectivity index (χ0n) is 18.7. The normalized spacial score (nSPS) is 35.3. The van der Waals surface area contributed by atoms with Crippen LogP contribution < -0.4 is 5.73 Å². The molecule has 6 atom stereocenters. The SMILES string of the molecule is CCN(C)[C@@H]1C(=O)C(C(N)=O)=C(O)[C@@]2(O)C(=O)C3=C(O)c4c(O)cccc4C(C)(O)C3C(O)C12.